The number of para-hydroxylation sites is 1. The molecule has 0 unspecified atom stereocenters. The highest BCUT2D eigenvalue weighted by Crippen LogP contribution is 2.12. The van der Waals surface area contributed by atoms with Crippen LogP contribution in [0, 0.1) is 17.1 Å². The van der Waals surface area contributed by atoms with Crippen LogP contribution in [0.4, 0.5) is 10.1 Å². The lowest BCUT2D eigenvalue weighted by molar-refractivity contribution is -0.111. The van der Waals surface area contributed by atoms with Gasteiger partial charge in [-0.05, 0) is 35.9 Å². The molecule has 2 aromatic rings. The maximum Gasteiger partial charge on any atom is 0.248 e. The summed E-state index contributed by atoms with van der Waals surface area (Å²) in [6.07, 6.45) is 2.91. The van der Waals surface area contributed by atoms with Gasteiger partial charge in [-0.3, -0.25) is 4.79 Å². The Kier molecular flexibility index (Phi) is 4.25. The van der Waals surface area contributed by atoms with Crippen molar-refractivity contribution in [1.29, 1.82) is 5.26 Å². The molecule has 0 saturated heterocycles. The lowest BCUT2D eigenvalue weighted by Gasteiger charge is -2.02. The van der Waals surface area contributed by atoms with E-state index in [4.69, 9.17) is 5.26 Å². The van der Waals surface area contributed by atoms with Crippen molar-refractivity contribution in [2.24, 2.45) is 0 Å². The van der Waals surface area contributed by atoms with E-state index in [1.165, 1.54) is 18.2 Å². The van der Waals surface area contributed by atoms with Crippen molar-refractivity contribution >= 4 is 17.7 Å². The standard InChI is InChI=1S/C16H11FN2O/c17-14-3-1-2-4-15(14)19-16(20)10-9-12-5-7-13(11-18)8-6-12/h1-10H,(H,19,20). The predicted octanol–water partition coefficient (Wildman–Crippen LogP) is 3.35. The molecule has 2 rings (SSSR count). The van der Waals surface area contributed by atoms with Crippen LogP contribution in [0.25, 0.3) is 6.08 Å². The summed E-state index contributed by atoms with van der Waals surface area (Å²) < 4.78 is 13.3. The summed E-state index contributed by atoms with van der Waals surface area (Å²) in [6, 6.07) is 14.8. The van der Waals surface area contributed by atoms with E-state index >= 15 is 0 Å². The molecular weight excluding hydrogens is 255 g/mol. The van der Waals surface area contributed by atoms with Gasteiger partial charge in [0.2, 0.25) is 5.91 Å². The van der Waals surface area contributed by atoms with Gasteiger partial charge in [0.25, 0.3) is 0 Å². The van der Waals surface area contributed by atoms with E-state index < -0.39 is 11.7 Å². The maximum absolute atomic E-state index is 13.3. The van der Waals surface area contributed by atoms with Crippen molar-refractivity contribution in [1.82, 2.24) is 0 Å². The van der Waals surface area contributed by atoms with Gasteiger partial charge >= 0.3 is 0 Å². The first-order valence-corrected chi connectivity index (χ1v) is 5.93. The number of rotatable bonds is 3. The maximum atomic E-state index is 13.3. The highest BCUT2D eigenvalue weighted by Gasteiger charge is 2.02. The number of hydrogen-bond donors (Lipinski definition) is 1. The van der Waals surface area contributed by atoms with Crippen LogP contribution in [0.1, 0.15) is 11.1 Å². The van der Waals surface area contributed by atoms with Crippen LogP contribution in [-0.2, 0) is 4.79 Å². The summed E-state index contributed by atoms with van der Waals surface area (Å²) in [5.41, 5.74) is 1.48. The Morgan fingerprint density at radius 2 is 1.85 bits per heavy atom. The number of halogens is 1. The summed E-state index contributed by atoms with van der Waals surface area (Å²) in [6.45, 7) is 0. The van der Waals surface area contributed by atoms with E-state index in [2.05, 4.69) is 5.32 Å². The topological polar surface area (TPSA) is 52.9 Å². The van der Waals surface area contributed by atoms with Crippen LogP contribution in [0.15, 0.2) is 54.6 Å². The van der Waals surface area contributed by atoms with Gasteiger partial charge in [-0.25, -0.2) is 4.39 Å². The van der Waals surface area contributed by atoms with Crippen molar-refractivity contribution in [2.45, 2.75) is 0 Å². The second kappa shape index (κ2) is 6.30. The average Bonchev–Trinajstić information content (AvgIpc) is 2.48. The van der Waals surface area contributed by atoms with Crippen molar-refractivity contribution in [2.75, 3.05) is 5.32 Å². The Labute approximate surface area is 116 Å². The van der Waals surface area contributed by atoms with Crippen LogP contribution >= 0.6 is 0 Å². The molecule has 0 atom stereocenters. The van der Waals surface area contributed by atoms with Crippen molar-refractivity contribution in [3.63, 3.8) is 0 Å². The molecule has 0 bridgehead atoms. The minimum Gasteiger partial charge on any atom is -0.320 e. The Bertz CT molecular complexity index is 684. The van der Waals surface area contributed by atoms with Gasteiger partial charge in [0, 0.05) is 6.08 Å². The van der Waals surface area contributed by atoms with Crippen molar-refractivity contribution < 1.29 is 9.18 Å². The summed E-state index contributed by atoms with van der Waals surface area (Å²) in [4.78, 5) is 11.6. The number of amides is 1. The second-order valence-corrected chi connectivity index (χ2v) is 4.04. The molecule has 98 valence electrons. The van der Waals surface area contributed by atoms with Crippen LogP contribution in [0.3, 0.4) is 0 Å². The highest BCUT2D eigenvalue weighted by molar-refractivity contribution is 6.01. The molecule has 2 aromatic carbocycles. The molecule has 0 heterocycles. The van der Waals surface area contributed by atoms with E-state index in [1.807, 2.05) is 6.07 Å². The molecule has 0 aliphatic heterocycles. The molecule has 0 saturated carbocycles. The SMILES string of the molecule is N#Cc1ccc(C=CC(=O)Nc2ccccc2F)cc1. The number of nitrogens with zero attached hydrogens (tertiary/aromatic N) is 1. The average molecular weight is 266 g/mol. The molecule has 20 heavy (non-hydrogen) atoms. The number of anilines is 1. The molecule has 4 heteroatoms. The number of carbonyl (C=O) groups excluding carboxylic acids is 1. The van der Waals surface area contributed by atoms with Crippen molar-refractivity contribution in [3.8, 4) is 6.07 Å². The van der Waals surface area contributed by atoms with E-state index in [9.17, 15) is 9.18 Å². The van der Waals surface area contributed by atoms with Gasteiger partial charge in [0.05, 0.1) is 17.3 Å². The lowest BCUT2D eigenvalue weighted by Crippen LogP contribution is -2.08. The minimum absolute atomic E-state index is 0.141. The summed E-state index contributed by atoms with van der Waals surface area (Å²) >= 11 is 0. The monoisotopic (exact) mass is 266 g/mol. The van der Waals surface area contributed by atoms with E-state index in [0.29, 0.717) is 5.56 Å². The van der Waals surface area contributed by atoms with Gasteiger partial charge in [0.15, 0.2) is 0 Å². The molecule has 0 aliphatic carbocycles. The summed E-state index contributed by atoms with van der Waals surface area (Å²) in [5, 5.41) is 11.1. The predicted molar refractivity (Wildman–Crippen MR) is 75.2 cm³/mol. The fourth-order valence-electron chi connectivity index (χ4n) is 1.58. The smallest absolute Gasteiger partial charge is 0.248 e. The summed E-state index contributed by atoms with van der Waals surface area (Å²) in [7, 11) is 0. The van der Waals surface area contributed by atoms with Gasteiger partial charge in [-0.1, -0.05) is 24.3 Å². The third kappa shape index (κ3) is 3.53. The zero-order valence-corrected chi connectivity index (χ0v) is 10.5. The molecule has 1 N–H and O–H groups in total. The first-order valence-electron chi connectivity index (χ1n) is 5.93. The molecular formula is C16H11FN2O. The molecule has 0 fully saturated rings. The van der Waals surface area contributed by atoms with Crippen LogP contribution in [0.2, 0.25) is 0 Å². The third-order valence-corrected chi connectivity index (χ3v) is 2.60. The third-order valence-electron chi connectivity index (χ3n) is 2.60. The normalized spacial score (nSPS) is 10.2. The number of benzene rings is 2. The van der Waals surface area contributed by atoms with Gasteiger partial charge in [-0.2, -0.15) is 5.26 Å². The van der Waals surface area contributed by atoms with Crippen LogP contribution in [-0.4, -0.2) is 5.91 Å². The number of carbonyl (C=O) groups is 1. The molecule has 3 nitrogen and oxygen atoms in total. The molecule has 0 spiro atoms. The fourth-order valence-corrected chi connectivity index (χ4v) is 1.58. The van der Waals surface area contributed by atoms with E-state index in [0.717, 1.165) is 5.56 Å². The van der Waals surface area contributed by atoms with Crippen molar-refractivity contribution in [3.05, 3.63) is 71.6 Å². The molecule has 0 aliphatic rings. The number of hydrogen-bond acceptors (Lipinski definition) is 2. The Hall–Kier alpha value is -2.93. The van der Waals surface area contributed by atoms with Crippen LogP contribution < -0.4 is 5.32 Å². The summed E-state index contributed by atoms with van der Waals surface area (Å²) in [5.74, 6) is -0.896. The highest BCUT2D eigenvalue weighted by atomic mass is 19.1. The van der Waals surface area contributed by atoms with E-state index in [1.54, 1.807) is 42.5 Å². The quantitative estimate of drug-likeness (QED) is 0.866. The first-order chi connectivity index (χ1) is 9.69. The van der Waals surface area contributed by atoms with Gasteiger partial charge < -0.3 is 5.32 Å². The number of nitrogens with one attached hydrogen (secondary N) is 1. The Balaban J connectivity index is 2.02. The molecule has 0 aromatic heterocycles. The zero-order chi connectivity index (χ0) is 14.4. The second-order valence-electron chi connectivity index (χ2n) is 4.04. The van der Waals surface area contributed by atoms with Crippen LogP contribution in [0.5, 0.6) is 0 Å². The number of nitriles is 1. The Morgan fingerprint density at radius 3 is 2.50 bits per heavy atom. The minimum atomic E-state index is -0.479. The largest absolute Gasteiger partial charge is 0.320 e. The fraction of sp³-hybridized carbons (Fsp3) is 0. The Morgan fingerprint density at radius 1 is 1.15 bits per heavy atom. The van der Waals surface area contributed by atoms with Gasteiger partial charge in [-0.15, -0.1) is 0 Å². The lowest BCUT2D eigenvalue weighted by atomic mass is 10.1. The molecule has 0 radical (unpaired) electrons. The van der Waals surface area contributed by atoms with E-state index in [-0.39, 0.29) is 5.69 Å². The first kappa shape index (κ1) is 13.5. The van der Waals surface area contributed by atoms with Gasteiger partial charge in [0.1, 0.15) is 5.82 Å². The molecule has 1 amide bonds. The zero-order valence-electron chi connectivity index (χ0n) is 10.5.